The number of hydrogen-bond acceptors (Lipinski definition) is 0. The first-order valence-corrected chi connectivity index (χ1v) is 0. The summed E-state index contributed by atoms with van der Waals surface area (Å²) >= 11 is 0. The Labute approximate surface area is 33.3 Å². The van der Waals surface area contributed by atoms with Crippen LogP contribution >= 0.6 is 0 Å². The molecule has 0 amide bonds. The molecule has 0 saturated carbocycles. The van der Waals surface area contributed by atoms with Crippen LogP contribution in [0.25, 0.3) is 0 Å². The van der Waals surface area contributed by atoms with Crippen LogP contribution in [0, 0.1) is 7.43 Å². The van der Waals surface area contributed by atoms with Crippen molar-refractivity contribution in [3.05, 3.63) is 7.43 Å². The second-order valence-corrected chi connectivity index (χ2v) is 0. The molecule has 0 atom stereocenters. The van der Waals surface area contributed by atoms with Crippen LogP contribution in [0.2, 0.25) is 0 Å². The maximum absolute atomic E-state index is 0. The van der Waals surface area contributed by atoms with E-state index in [1.807, 2.05) is 0 Å². The van der Waals surface area contributed by atoms with Gasteiger partial charge < -0.3 is 0 Å². The Balaban J connectivity index is 0. The van der Waals surface area contributed by atoms with Crippen molar-refractivity contribution < 1.29 is 5.48 Å². The summed E-state index contributed by atoms with van der Waals surface area (Å²) in [7, 11) is 0. The fourth-order valence-corrected chi connectivity index (χ4v) is 0. The van der Waals surface area contributed by atoms with Gasteiger partial charge in [-0.05, 0) is 0 Å². The zero-order valence-electron chi connectivity index (χ0n) is 1.41. The second kappa shape index (κ2) is 279. The third kappa shape index (κ3) is 59.1. The Morgan fingerprint density at radius 3 is 1.00 bits per heavy atom. The lowest BCUT2D eigenvalue weighted by molar-refractivity contribution is 0.686. The topological polar surface area (TPSA) is 28.5 Å². The van der Waals surface area contributed by atoms with Crippen LogP contribution in [0.4, 0.5) is 0 Å². The minimum atomic E-state index is 0. The molecular weight excluding hydrogens is 66.9 g/mol. The van der Waals surface area contributed by atoms with Crippen molar-refractivity contribution in [1.29, 1.82) is 0 Å². The summed E-state index contributed by atoms with van der Waals surface area (Å²) in [6.07, 6.45) is 0. The van der Waals surface area contributed by atoms with Crippen molar-refractivity contribution >= 4 is 19.4 Å². The van der Waals surface area contributed by atoms with E-state index in [4.69, 9.17) is 0 Å². The van der Waals surface area contributed by atoms with Gasteiger partial charge in [0, 0.05) is 23.9 Å². The van der Waals surface area contributed by atoms with Gasteiger partial charge in [0.2, 0.25) is 0 Å². The van der Waals surface area contributed by atoms with Crippen LogP contribution in [0.1, 0.15) is 0 Å². The van der Waals surface area contributed by atoms with Gasteiger partial charge in [0.1, 0.15) is 0 Å². The van der Waals surface area contributed by atoms with Gasteiger partial charge in [0.05, 0.1) is 8.41 Å². The molecule has 4 heavy (non-hydrogen) atoms. The summed E-state index contributed by atoms with van der Waals surface area (Å²) in [4.78, 5) is 0. The molecule has 3 heteroatoms. The SMILES string of the molecule is B.[C].[O].[Si]. The highest BCUT2D eigenvalue weighted by atomic mass is 28.1. The molecule has 1 nitrogen and oxygen atoms in total. The molecule has 0 spiro atoms. The number of rotatable bonds is 0. The van der Waals surface area contributed by atoms with Gasteiger partial charge >= 0.3 is 0 Å². The summed E-state index contributed by atoms with van der Waals surface area (Å²) < 4.78 is 0. The van der Waals surface area contributed by atoms with Crippen molar-refractivity contribution in [1.82, 2.24) is 0 Å². The molecule has 0 aliphatic heterocycles. The van der Waals surface area contributed by atoms with Crippen LogP contribution in [0.5, 0.6) is 0 Å². The second-order valence-electron chi connectivity index (χ2n) is 0. The van der Waals surface area contributed by atoms with Crippen molar-refractivity contribution in [2.75, 3.05) is 0 Å². The van der Waals surface area contributed by atoms with Gasteiger partial charge in [-0.15, -0.1) is 0 Å². The fourth-order valence-electron chi connectivity index (χ4n) is 0. The average Bonchev–Trinajstić information content (AvgIpc) is 0. The van der Waals surface area contributed by atoms with E-state index in [-0.39, 0.29) is 32.3 Å². The molecule has 0 aromatic rings. The Morgan fingerprint density at radius 2 is 1.00 bits per heavy atom. The first kappa shape index (κ1) is 762. The highest BCUT2D eigenvalue weighted by Crippen LogP contribution is 0.0813. The van der Waals surface area contributed by atoms with Crippen molar-refractivity contribution in [2.45, 2.75) is 0 Å². The Hall–Kier alpha value is 0.242. The van der Waals surface area contributed by atoms with E-state index >= 15 is 0 Å². The van der Waals surface area contributed by atoms with Crippen molar-refractivity contribution in [3.63, 3.8) is 0 Å². The average molecular weight is 69.9 g/mol. The highest BCUT2D eigenvalue weighted by Gasteiger charge is 0.0814. The molecule has 0 saturated heterocycles. The minimum Gasteiger partial charge on any atom is 0 e. The molecular formula is CH3BOSi. The molecule has 0 heterocycles. The van der Waals surface area contributed by atoms with E-state index in [0.717, 1.165) is 0 Å². The van der Waals surface area contributed by atoms with Gasteiger partial charge in [-0.3, -0.25) is 0 Å². The zero-order chi connectivity index (χ0) is 0. The molecule has 0 rings (SSSR count). The van der Waals surface area contributed by atoms with E-state index < -0.39 is 0 Å². The van der Waals surface area contributed by atoms with E-state index in [1.165, 1.54) is 0 Å². The largest absolute Gasteiger partial charge is 0.0814 e. The van der Waals surface area contributed by atoms with Crippen LogP contribution in [-0.2, 0) is 5.48 Å². The van der Waals surface area contributed by atoms with Crippen LogP contribution in [-0.4, -0.2) is 19.4 Å². The maximum atomic E-state index is 0. The summed E-state index contributed by atoms with van der Waals surface area (Å²) in [5.41, 5.74) is 0. The molecule has 0 bridgehead atoms. The normalized spacial score (nSPS) is 0. The van der Waals surface area contributed by atoms with Crippen molar-refractivity contribution in [3.8, 4) is 0 Å². The standard InChI is InChI=1S/C.BH3.O.Si/h;1H3;;. The smallest absolute Gasteiger partial charge is 0 e. The van der Waals surface area contributed by atoms with Gasteiger partial charge in [0.25, 0.3) is 0 Å². The van der Waals surface area contributed by atoms with E-state index in [0.29, 0.717) is 0 Å². The number of hydrogen-bond donors (Lipinski definition) is 0. The quantitative estimate of drug-likeness (QED) is 0.307. The third-order valence-corrected chi connectivity index (χ3v) is 0. The lowest BCUT2D eigenvalue weighted by Crippen LogP contribution is -0.382. The molecule has 20 valence electrons. The zero-order valence-corrected chi connectivity index (χ0v) is 2.41. The predicted molar refractivity (Wildman–Crippen MR) is 19.6 cm³/mol. The molecule has 10 radical (unpaired) electrons. The molecule has 0 aromatic carbocycles. The Bertz CT molecular complexity index is 8.00. The summed E-state index contributed by atoms with van der Waals surface area (Å²) in [5.74, 6) is 0. The lowest BCUT2D eigenvalue weighted by atomic mass is 10.8. The summed E-state index contributed by atoms with van der Waals surface area (Å²) in [6.45, 7) is 0. The van der Waals surface area contributed by atoms with Crippen LogP contribution < -0.4 is 0 Å². The molecule has 0 aliphatic carbocycles. The first-order chi connectivity index (χ1) is 0. The molecule has 0 N–H and O–H groups in total. The maximum Gasteiger partial charge on any atom is 0.0814 e. The van der Waals surface area contributed by atoms with Gasteiger partial charge in [-0.2, -0.15) is 0 Å². The lowest BCUT2D eigenvalue weighted by Gasteiger charge is -0.00100. The molecule has 0 unspecified atom stereocenters. The summed E-state index contributed by atoms with van der Waals surface area (Å²) in [5, 5.41) is 0. The third-order valence-electron chi connectivity index (χ3n) is 0. The van der Waals surface area contributed by atoms with Crippen molar-refractivity contribution in [2.24, 2.45) is 0 Å². The monoisotopic (exact) mass is 70.0 g/mol. The van der Waals surface area contributed by atoms with Gasteiger partial charge in [-0.1, -0.05) is 0 Å². The molecule has 0 aromatic heterocycles. The van der Waals surface area contributed by atoms with Gasteiger partial charge in [-0.25, -0.2) is 0 Å². The predicted octanol–water partition coefficient (Wildman–Crippen LogP) is -1.60. The Morgan fingerprint density at radius 1 is 1.00 bits per heavy atom. The molecule has 0 aliphatic rings. The highest BCUT2D eigenvalue weighted by molar-refractivity contribution is 5.76. The first-order valence-electron chi connectivity index (χ1n) is 0. The van der Waals surface area contributed by atoms with E-state index in [9.17, 15) is 0 Å². The molecule has 0 fully saturated rings. The fraction of sp³-hybridized carbons (Fsp3) is 0. The van der Waals surface area contributed by atoms with Crippen LogP contribution in [0.15, 0.2) is 0 Å². The van der Waals surface area contributed by atoms with Crippen LogP contribution in [0.3, 0.4) is 0 Å². The Kier molecular flexibility index (Phi) is 53100. The summed E-state index contributed by atoms with van der Waals surface area (Å²) in [6, 6.07) is 0. The minimum absolute atomic E-state index is 0. The van der Waals surface area contributed by atoms with Gasteiger partial charge in [0.15, 0.2) is 0 Å². The van der Waals surface area contributed by atoms with E-state index in [2.05, 4.69) is 0 Å². The van der Waals surface area contributed by atoms with E-state index in [1.54, 1.807) is 0 Å².